The number of anilines is 1. The second-order valence-electron chi connectivity index (χ2n) is 4.98. The van der Waals surface area contributed by atoms with Crippen molar-refractivity contribution in [3.8, 4) is 0 Å². The zero-order valence-electron chi connectivity index (χ0n) is 10.8. The van der Waals surface area contributed by atoms with Gasteiger partial charge in [0.15, 0.2) is 0 Å². The number of hydrogen-bond acceptors (Lipinski definition) is 5. The van der Waals surface area contributed by atoms with Crippen LogP contribution in [0.5, 0.6) is 0 Å². The van der Waals surface area contributed by atoms with Gasteiger partial charge in [0.2, 0.25) is 5.95 Å². The van der Waals surface area contributed by atoms with Crippen molar-refractivity contribution in [2.45, 2.75) is 30.7 Å². The summed E-state index contributed by atoms with van der Waals surface area (Å²) in [5, 5.41) is 2.15. The van der Waals surface area contributed by atoms with E-state index in [0.29, 0.717) is 5.95 Å². The van der Waals surface area contributed by atoms with Crippen LogP contribution in [0.4, 0.5) is 5.95 Å². The van der Waals surface area contributed by atoms with E-state index in [9.17, 15) is 0 Å². The lowest BCUT2D eigenvalue weighted by atomic mass is 10.1. The number of nitrogens with two attached hydrogens (primary N) is 1. The summed E-state index contributed by atoms with van der Waals surface area (Å²) in [5.74, 6) is 7.92. The smallest absolute Gasteiger partial charge is 0.238 e. The molecule has 1 fully saturated rings. The quantitative estimate of drug-likeness (QED) is 0.388. The Balaban J connectivity index is 1.87. The van der Waals surface area contributed by atoms with E-state index < -0.39 is 0 Å². The molecule has 1 aromatic carbocycles. The van der Waals surface area contributed by atoms with E-state index in [-0.39, 0.29) is 0 Å². The molecule has 0 atom stereocenters. The van der Waals surface area contributed by atoms with E-state index in [2.05, 4.69) is 21.5 Å². The number of nitrogens with zero attached hydrogens (tertiary/aromatic N) is 2. The van der Waals surface area contributed by atoms with Crippen molar-refractivity contribution in [1.82, 2.24) is 9.97 Å². The Bertz CT molecular complexity index is 566. The third-order valence-electron chi connectivity index (χ3n) is 3.63. The third-order valence-corrected chi connectivity index (χ3v) is 4.85. The highest BCUT2D eigenvalue weighted by atomic mass is 32.2. The van der Waals surface area contributed by atoms with Crippen molar-refractivity contribution in [2.75, 3.05) is 11.2 Å². The number of nitrogen functional groups attached to an aromatic ring is 1. The zero-order valence-corrected chi connectivity index (χ0v) is 11.6. The van der Waals surface area contributed by atoms with Crippen LogP contribution in [0, 0.1) is 5.92 Å². The highest BCUT2D eigenvalue weighted by molar-refractivity contribution is 7.99. The van der Waals surface area contributed by atoms with Gasteiger partial charge < -0.3 is 0 Å². The van der Waals surface area contributed by atoms with Crippen molar-refractivity contribution in [3.05, 3.63) is 24.3 Å². The first-order valence-electron chi connectivity index (χ1n) is 6.73. The van der Waals surface area contributed by atoms with Crippen LogP contribution < -0.4 is 11.3 Å². The van der Waals surface area contributed by atoms with Crippen LogP contribution in [0.2, 0.25) is 0 Å². The first kappa shape index (κ1) is 12.7. The van der Waals surface area contributed by atoms with Crippen LogP contribution >= 0.6 is 11.8 Å². The molecule has 5 heteroatoms. The van der Waals surface area contributed by atoms with Crippen molar-refractivity contribution in [2.24, 2.45) is 11.8 Å². The molecule has 1 heterocycles. The summed E-state index contributed by atoms with van der Waals surface area (Å²) in [6.07, 6.45) is 5.48. The number of hydrazine groups is 1. The first-order valence-corrected chi connectivity index (χ1v) is 7.71. The average Bonchev–Trinajstić information content (AvgIpc) is 2.97. The Morgan fingerprint density at radius 3 is 2.79 bits per heavy atom. The van der Waals surface area contributed by atoms with E-state index in [4.69, 9.17) is 5.84 Å². The maximum atomic E-state index is 5.44. The van der Waals surface area contributed by atoms with Gasteiger partial charge in [0.1, 0.15) is 5.03 Å². The van der Waals surface area contributed by atoms with Gasteiger partial charge in [-0.15, -0.1) is 11.8 Å². The van der Waals surface area contributed by atoms with E-state index in [1.54, 1.807) is 0 Å². The molecule has 4 nitrogen and oxygen atoms in total. The fourth-order valence-corrected chi connectivity index (χ4v) is 3.80. The summed E-state index contributed by atoms with van der Waals surface area (Å²) >= 11 is 1.83. The standard InChI is InChI=1S/C14H18N4S/c15-18-14-16-12-8-4-3-7-11(12)13(17-14)19-9-10-5-1-2-6-10/h3-4,7-8,10H,1-2,5-6,9,15H2,(H,16,17,18). The Kier molecular flexibility index (Phi) is 3.84. The lowest BCUT2D eigenvalue weighted by molar-refractivity contribution is 0.623. The summed E-state index contributed by atoms with van der Waals surface area (Å²) < 4.78 is 0. The molecular weight excluding hydrogens is 256 g/mol. The molecule has 0 unspecified atom stereocenters. The lowest BCUT2D eigenvalue weighted by Crippen LogP contribution is -2.11. The molecule has 0 bridgehead atoms. The summed E-state index contributed by atoms with van der Waals surface area (Å²) in [6, 6.07) is 8.09. The van der Waals surface area contributed by atoms with Crippen LogP contribution in [-0.4, -0.2) is 15.7 Å². The van der Waals surface area contributed by atoms with Crippen LogP contribution in [0.15, 0.2) is 29.3 Å². The van der Waals surface area contributed by atoms with E-state index in [1.165, 1.54) is 25.7 Å². The number of aromatic nitrogens is 2. The molecule has 0 saturated heterocycles. The molecule has 0 spiro atoms. The van der Waals surface area contributed by atoms with Gasteiger partial charge in [-0.25, -0.2) is 15.8 Å². The molecule has 19 heavy (non-hydrogen) atoms. The highest BCUT2D eigenvalue weighted by Gasteiger charge is 2.16. The predicted octanol–water partition coefficient (Wildman–Crippen LogP) is 3.20. The number of fused-ring (bicyclic) bond motifs is 1. The van der Waals surface area contributed by atoms with Gasteiger partial charge in [-0.1, -0.05) is 31.0 Å². The SMILES string of the molecule is NNc1nc(SCC2CCCC2)c2ccccc2n1. The Morgan fingerprint density at radius 1 is 1.21 bits per heavy atom. The largest absolute Gasteiger partial charge is 0.292 e. The molecule has 0 amide bonds. The van der Waals surface area contributed by atoms with Crippen LogP contribution in [0.25, 0.3) is 10.9 Å². The molecule has 1 saturated carbocycles. The molecule has 0 radical (unpaired) electrons. The lowest BCUT2D eigenvalue weighted by Gasteiger charge is -2.10. The molecule has 1 aliphatic rings. The van der Waals surface area contributed by atoms with Crippen LogP contribution in [-0.2, 0) is 0 Å². The van der Waals surface area contributed by atoms with Crippen LogP contribution in [0.3, 0.4) is 0 Å². The van der Waals surface area contributed by atoms with E-state index in [0.717, 1.165) is 27.6 Å². The van der Waals surface area contributed by atoms with E-state index in [1.807, 2.05) is 30.0 Å². The number of nitrogens with one attached hydrogen (secondary N) is 1. The minimum atomic E-state index is 0.493. The molecule has 3 N–H and O–H groups in total. The third kappa shape index (κ3) is 2.82. The Morgan fingerprint density at radius 2 is 2.00 bits per heavy atom. The summed E-state index contributed by atoms with van der Waals surface area (Å²) in [7, 11) is 0. The molecule has 100 valence electrons. The molecule has 1 aliphatic carbocycles. The summed E-state index contributed by atoms with van der Waals surface area (Å²) in [5.41, 5.74) is 3.50. The average molecular weight is 274 g/mol. The summed E-state index contributed by atoms with van der Waals surface area (Å²) in [4.78, 5) is 8.87. The van der Waals surface area contributed by atoms with Gasteiger partial charge in [-0.3, -0.25) is 5.43 Å². The monoisotopic (exact) mass is 274 g/mol. The fourth-order valence-electron chi connectivity index (χ4n) is 2.60. The minimum Gasteiger partial charge on any atom is -0.292 e. The van der Waals surface area contributed by atoms with Gasteiger partial charge in [0.05, 0.1) is 5.52 Å². The van der Waals surface area contributed by atoms with Crippen molar-refractivity contribution >= 4 is 28.6 Å². The minimum absolute atomic E-state index is 0.493. The van der Waals surface area contributed by atoms with Crippen molar-refractivity contribution in [3.63, 3.8) is 0 Å². The fraction of sp³-hybridized carbons (Fsp3) is 0.429. The normalized spacial score (nSPS) is 16.1. The Hall–Kier alpha value is -1.33. The molecule has 0 aliphatic heterocycles. The first-order chi connectivity index (χ1) is 9.36. The van der Waals surface area contributed by atoms with Gasteiger partial charge in [0, 0.05) is 11.1 Å². The Labute approximate surface area is 117 Å². The highest BCUT2D eigenvalue weighted by Crippen LogP contribution is 2.33. The number of rotatable bonds is 4. The van der Waals surface area contributed by atoms with Gasteiger partial charge >= 0.3 is 0 Å². The molecule has 2 aromatic rings. The molecular formula is C14H18N4S. The molecule has 3 rings (SSSR count). The number of thioether (sulfide) groups is 1. The van der Waals surface area contributed by atoms with Gasteiger partial charge in [-0.05, 0) is 24.8 Å². The van der Waals surface area contributed by atoms with E-state index >= 15 is 0 Å². The van der Waals surface area contributed by atoms with Crippen LogP contribution in [0.1, 0.15) is 25.7 Å². The maximum absolute atomic E-state index is 5.44. The maximum Gasteiger partial charge on any atom is 0.238 e. The number of benzene rings is 1. The summed E-state index contributed by atoms with van der Waals surface area (Å²) in [6.45, 7) is 0. The second kappa shape index (κ2) is 5.75. The second-order valence-corrected chi connectivity index (χ2v) is 5.98. The topological polar surface area (TPSA) is 63.8 Å². The van der Waals surface area contributed by atoms with Gasteiger partial charge in [0.25, 0.3) is 0 Å². The zero-order chi connectivity index (χ0) is 13.1. The van der Waals surface area contributed by atoms with Crippen molar-refractivity contribution in [1.29, 1.82) is 0 Å². The number of para-hydroxylation sites is 1. The molecule has 1 aromatic heterocycles. The number of hydrogen-bond donors (Lipinski definition) is 2. The van der Waals surface area contributed by atoms with Gasteiger partial charge in [-0.2, -0.15) is 0 Å². The van der Waals surface area contributed by atoms with Crippen molar-refractivity contribution < 1.29 is 0 Å². The predicted molar refractivity (Wildman–Crippen MR) is 80.0 cm³/mol.